The molecule has 0 unspecified atom stereocenters. The minimum atomic E-state index is -5.33. The van der Waals surface area contributed by atoms with Gasteiger partial charge in [-0.15, -0.1) is 19.8 Å². The highest BCUT2D eigenvalue weighted by Crippen LogP contribution is 2.38. The average Bonchev–Trinajstić information content (AvgIpc) is 2.97. The molecule has 0 aliphatic carbocycles. The predicted octanol–water partition coefficient (Wildman–Crippen LogP) is 11.2. The SMILES string of the molecule is C=CCCC(F)=C(F)c1ccc(OC(F)(F)c2ccc(-c3ccc(-c4cc(F)c(OC(F)(F)F)c(F)c4)cc3)c(F)c2)c(F)c1. The van der Waals surface area contributed by atoms with Gasteiger partial charge in [0.25, 0.3) is 0 Å². The number of ether oxygens (including phenoxy) is 2. The molecule has 0 atom stereocenters. The van der Waals surface area contributed by atoms with E-state index in [-0.39, 0.29) is 35.1 Å². The zero-order chi connectivity index (χ0) is 33.1. The minimum Gasteiger partial charge on any atom is -0.426 e. The summed E-state index contributed by atoms with van der Waals surface area (Å²) >= 11 is 0. The molecule has 236 valence electrons. The van der Waals surface area contributed by atoms with Crippen LogP contribution < -0.4 is 9.47 Å². The minimum absolute atomic E-state index is 0.111. The third kappa shape index (κ3) is 7.83. The lowest BCUT2D eigenvalue weighted by atomic mass is 9.98. The van der Waals surface area contributed by atoms with E-state index < -0.39 is 70.0 Å². The van der Waals surface area contributed by atoms with Gasteiger partial charge in [-0.25, -0.2) is 26.3 Å². The second kappa shape index (κ2) is 13.0. The predicted molar refractivity (Wildman–Crippen MR) is 143 cm³/mol. The standard InChI is InChI=1S/C32H19F11O2/c1-2-3-4-23(33)29(38)19-9-12-28(25(35)13-19)44-31(39,40)21-10-11-22(24(34)16-21)18-7-5-17(6-8-18)20-14-26(36)30(27(37)15-20)45-32(41,42)43/h2,5-16H,1,3-4H2. The van der Waals surface area contributed by atoms with Gasteiger partial charge >= 0.3 is 12.5 Å². The zero-order valence-electron chi connectivity index (χ0n) is 22.6. The Hall–Kier alpha value is -4.81. The van der Waals surface area contributed by atoms with Crippen LogP contribution in [0.1, 0.15) is 24.0 Å². The van der Waals surface area contributed by atoms with Gasteiger partial charge in [-0.1, -0.05) is 36.4 Å². The van der Waals surface area contributed by atoms with E-state index in [9.17, 15) is 48.3 Å². The van der Waals surface area contributed by atoms with Crippen LogP contribution in [0.15, 0.2) is 91.3 Å². The summed E-state index contributed by atoms with van der Waals surface area (Å²) < 4.78 is 160. The van der Waals surface area contributed by atoms with E-state index in [1.807, 2.05) is 0 Å². The molecule has 4 rings (SSSR count). The molecule has 0 aliphatic rings. The van der Waals surface area contributed by atoms with Crippen molar-refractivity contribution in [2.45, 2.75) is 25.3 Å². The molecular weight excluding hydrogens is 625 g/mol. The fourth-order valence-corrected chi connectivity index (χ4v) is 4.12. The number of alkyl halides is 5. The Morgan fingerprint density at radius 3 is 1.84 bits per heavy atom. The molecule has 0 aromatic heterocycles. The molecule has 0 heterocycles. The lowest BCUT2D eigenvalue weighted by molar-refractivity contribution is -0.276. The van der Waals surface area contributed by atoms with Crippen molar-refractivity contribution in [3.8, 4) is 33.8 Å². The van der Waals surface area contributed by atoms with Crippen molar-refractivity contribution in [2.24, 2.45) is 0 Å². The topological polar surface area (TPSA) is 18.5 Å². The zero-order valence-corrected chi connectivity index (χ0v) is 22.6. The molecule has 4 aromatic carbocycles. The average molecular weight is 644 g/mol. The third-order valence-corrected chi connectivity index (χ3v) is 6.28. The maximum atomic E-state index is 14.9. The van der Waals surface area contributed by atoms with E-state index in [2.05, 4.69) is 16.1 Å². The van der Waals surface area contributed by atoms with Gasteiger partial charge in [0, 0.05) is 17.5 Å². The summed E-state index contributed by atoms with van der Waals surface area (Å²) in [5.41, 5.74) is -1.68. The summed E-state index contributed by atoms with van der Waals surface area (Å²) in [5.74, 6) is -11.1. The molecular formula is C32H19F11O2. The molecule has 13 heteroatoms. The lowest BCUT2D eigenvalue weighted by Gasteiger charge is -2.19. The molecule has 0 saturated carbocycles. The van der Waals surface area contributed by atoms with Crippen LogP contribution in [-0.2, 0) is 6.11 Å². The first kappa shape index (κ1) is 33.1. The Morgan fingerprint density at radius 1 is 0.667 bits per heavy atom. The number of allylic oxidation sites excluding steroid dienone is 2. The number of halogens is 11. The Balaban J connectivity index is 1.53. The van der Waals surface area contributed by atoms with Crippen molar-refractivity contribution in [1.29, 1.82) is 0 Å². The molecule has 0 bridgehead atoms. The molecule has 0 amide bonds. The van der Waals surface area contributed by atoms with Gasteiger partial charge in [0.15, 0.2) is 29.0 Å². The Labute approximate surface area is 248 Å². The fraction of sp³-hybridized carbons (Fsp3) is 0.125. The molecule has 0 spiro atoms. The van der Waals surface area contributed by atoms with Crippen LogP contribution in [0, 0.1) is 23.3 Å². The summed E-state index contributed by atoms with van der Waals surface area (Å²) in [6.45, 7) is 3.37. The Bertz CT molecular complexity index is 1720. The second-order valence-corrected chi connectivity index (χ2v) is 9.40. The maximum Gasteiger partial charge on any atom is 0.573 e. The van der Waals surface area contributed by atoms with E-state index in [0.717, 1.165) is 18.2 Å². The normalized spacial score (nSPS) is 12.5. The van der Waals surface area contributed by atoms with Gasteiger partial charge in [0.05, 0.1) is 5.56 Å². The quantitative estimate of drug-likeness (QED) is 0.126. The number of benzene rings is 4. The van der Waals surface area contributed by atoms with Crippen LogP contribution in [0.25, 0.3) is 28.1 Å². The van der Waals surface area contributed by atoms with Crippen molar-refractivity contribution < 1.29 is 57.8 Å². The van der Waals surface area contributed by atoms with Crippen LogP contribution in [-0.4, -0.2) is 6.36 Å². The van der Waals surface area contributed by atoms with Gasteiger partial charge in [-0.2, -0.15) is 8.78 Å². The molecule has 45 heavy (non-hydrogen) atoms. The van der Waals surface area contributed by atoms with Gasteiger partial charge in [-0.05, 0) is 65.6 Å². The first-order chi connectivity index (χ1) is 21.1. The third-order valence-electron chi connectivity index (χ3n) is 6.28. The summed E-state index contributed by atoms with van der Waals surface area (Å²) in [5, 5.41) is 0. The molecule has 0 radical (unpaired) electrons. The number of rotatable bonds is 10. The molecule has 0 N–H and O–H groups in total. The van der Waals surface area contributed by atoms with Crippen molar-refractivity contribution >= 4 is 5.83 Å². The van der Waals surface area contributed by atoms with Gasteiger partial charge in [0.1, 0.15) is 11.6 Å². The van der Waals surface area contributed by atoms with Crippen molar-refractivity contribution in [3.05, 3.63) is 126 Å². The Morgan fingerprint density at radius 2 is 1.29 bits per heavy atom. The van der Waals surface area contributed by atoms with Gasteiger partial charge in [-0.3, -0.25) is 0 Å². The summed E-state index contributed by atoms with van der Waals surface area (Å²) in [6.07, 6.45) is -8.48. The second-order valence-electron chi connectivity index (χ2n) is 9.40. The first-order valence-electron chi connectivity index (χ1n) is 12.8. The summed E-state index contributed by atoms with van der Waals surface area (Å²) in [6, 6.07) is 10.4. The van der Waals surface area contributed by atoms with Crippen LogP contribution >= 0.6 is 0 Å². The van der Waals surface area contributed by atoms with Crippen molar-refractivity contribution in [3.63, 3.8) is 0 Å². The van der Waals surface area contributed by atoms with Crippen LogP contribution in [0.5, 0.6) is 11.5 Å². The van der Waals surface area contributed by atoms with Gasteiger partial charge < -0.3 is 9.47 Å². The number of hydrogen-bond donors (Lipinski definition) is 0. The van der Waals surface area contributed by atoms with E-state index in [4.69, 9.17) is 0 Å². The van der Waals surface area contributed by atoms with Crippen LogP contribution in [0.3, 0.4) is 0 Å². The monoisotopic (exact) mass is 644 g/mol. The van der Waals surface area contributed by atoms with Crippen LogP contribution in [0.4, 0.5) is 48.3 Å². The number of hydrogen-bond acceptors (Lipinski definition) is 2. The molecule has 2 nitrogen and oxygen atoms in total. The molecule has 0 fully saturated rings. The smallest absolute Gasteiger partial charge is 0.426 e. The summed E-state index contributed by atoms with van der Waals surface area (Å²) in [7, 11) is 0. The largest absolute Gasteiger partial charge is 0.573 e. The highest BCUT2D eigenvalue weighted by molar-refractivity contribution is 5.71. The van der Waals surface area contributed by atoms with Crippen LogP contribution in [0.2, 0.25) is 0 Å². The van der Waals surface area contributed by atoms with Crippen molar-refractivity contribution in [2.75, 3.05) is 0 Å². The first-order valence-corrected chi connectivity index (χ1v) is 12.8. The van der Waals surface area contributed by atoms with E-state index in [1.165, 1.54) is 30.3 Å². The Kier molecular flexibility index (Phi) is 9.59. The van der Waals surface area contributed by atoms with E-state index >= 15 is 0 Å². The highest BCUT2D eigenvalue weighted by atomic mass is 19.4. The van der Waals surface area contributed by atoms with Gasteiger partial charge in [0.2, 0.25) is 5.75 Å². The molecule has 0 saturated heterocycles. The fourth-order valence-electron chi connectivity index (χ4n) is 4.12. The highest BCUT2D eigenvalue weighted by Gasteiger charge is 2.37. The molecule has 4 aromatic rings. The van der Waals surface area contributed by atoms with Crippen molar-refractivity contribution in [1.82, 2.24) is 0 Å². The van der Waals surface area contributed by atoms with E-state index in [0.29, 0.717) is 30.3 Å². The molecule has 0 aliphatic heterocycles. The lowest BCUT2D eigenvalue weighted by Crippen LogP contribution is -2.22. The maximum absolute atomic E-state index is 14.9. The summed E-state index contributed by atoms with van der Waals surface area (Å²) in [4.78, 5) is 0. The van der Waals surface area contributed by atoms with E-state index in [1.54, 1.807) is 0 Å².